The molecule has 0 aliphatic carbocycles. The second-order valence-electron chi connectivity index (χ2n) is 5.61. The first-order valence-electron chi connectivity index (χ1n) is 8.72. The van der Waals surface area contributed by atoms with Crippen molar-refractivity contribution >= 4 is 11.8 Å². The maximum absolute atomic E-state index is 12.7. The number of carbonyl (C=O) groups is 2. The lowest BCUT2D eigenvalue weighted by molar-refractivity contribution is -0.123. The van der Waals surface area contributed by atoms with Crippen molar-refractivity contribution in [3.8, 4) is 5.75 Å². The Hall–Kier alpha value is -3.00. The molecule has 0 radical (unpaired) electrons. The number of benzene rings is 1. The normalized spacial score (nSPS) is 11.5. The van der Waals surface area contributed by atoms with Crippen molar-refractivity contribution in [2.45, 2.75) is 19.4 Å². The first-order chi connectivity index (χ1) is 13.2. The van der Waals surface area contributed by atoms with Crippen LogP contribution >= 0.6 is 0 Å². The summed E-state index contributed by atoms with van der Waals surface area (Å²) < 4.78 is 10.4. The molecule has 0 fully saturated rings. The SMILES string of the molecule is CCOCCCNC(=O)[C@H](NC(=O)c1cnccn1)c1ccc(OC)cc1. The van der Waals surface area contributed by atoms with Crippen LogP contribution in [-0.2, 0) is 9.53 Å². The zero-order chi connectivity index (χ0) is 19.5. The topological polar surface area (TPSA) is 102 Å². The summed E-state index contributed by atoms with van der Waals surface area (Å²) >= 11 is 0. The highest BCUT2D eigenvalue weighted by Gasteiger charge is 2.23. The fourth-order valence-corrected chi connectivity index (χ4v) is 2.35. The molecule has 0 saturated heterocycles. The van der Waals surface area contributed by atoms with Crippen molar-refractivity contribution in [3.63, 3.8) is 0 Å². The van der Waals surface area contributed by atoms with E-state index in [4.69, 9.17) is 9.47 Å². The molecule has 0 spiro atoms. The molecule has 0 unspecified atom stereocenters. The Morgan fingerprint density at radius 2 is 1.96 bits per heavy atom. The van der Waals surface area contributed by atoms with E-state index in [0.29, 0.717) is 37.5 Å². The van der Waals surface area contributed by atoms with Crippen molar-refractivity contribution in [2.75, 3.05) is 26.9 Å². The molecule has 2 rings (SSSR count). The van der Waals surface area contributed by atoms with E-state index in [1.165, 1.54) is 18.6 Å². The number of nitrogens with one attached hydrogen (secondary N) is 2. The molecule has 1 aromatic carbocycles. The van der Waals surface area contributed by atoms with Gasteiger partial charge in [0.2, 0.25) is 5.91 Å². The predicted octanol–water partition coefficient (Wildman–Crippen LogP) is 1.50. The molecule has 2 amide bonds. The Balaban J connectivity index is 2.09. The number of hydrogen-bond acceptors (Lipinski definition) is 6. The van der Waals surface area contributed by atoms with E-state index in [1.54, 1.807) is 31.4 Å². The van der Waals surface area contributed by atoms with Crippen LogP contribution in [0.4, 0.5) is 0 Å². The third-order valence-corrected chi connectivity index (χ3v) is 3.75. The molecule has 2 N–H and O–H groups in total. The van der Waals surface area contributed by atoms with Gasteiger partial charge in [-0.2, -0.15) is 0 Å². The maximum atomic E-state index is 12.7. The lowest BCUT2D eigenvalue weighted by atomic mass is 10.1. The van der Waals surface area contributed by atoms with Gasteiger partial charge in [0, 0.05) is 32.2 Å². The summed E-state index contributed by atoms with van der Waals surface area (Å²) in [4.78, 5) is 32.9. The molecule has 0 saturated carbocycles. The van der Waals surface area contributed by atoms with Gasteiger partial charge in [-0.3, -0.25) is 14.6 Å². The zero-order valence-corrected chi connectivity index (χ0v) is 15.5. The number of ether oxygens (including phenoxy) is 2. The van der Waals surface area contributed by atoms with Gasteiger partial charge in [-0.15, -0.1) is 0 Å². The van der Waals surface area contributed by atoms with E-state index < -0.39 is 11.9 Å². The number of hydrogen-bond donors (Lipinski definition) is 2. The van der Waals surface area contributed by atoms with Crippen molar-refractivity contribution in [1.82, 2.24) is 20.6 Å². The molecule has 1 aromatic heterocycles. The standard InChI is InChI=1S/C19H24N4O4/c1-3-27-12-4-9-22-19(25)17(14-5-7-15(26-2)8-6-14)23-18(24)16-13-20-10-11-21-16/h5-8,10-11,13,17H,3-4,9,12H2,1-2H3,(H,22,25)(H,23,24)/t17-/m1/s1. The van der Waals surface area contributed by atoms with Gasteiger partial charge in [0.1, 0.15) is 17.5 Å². The highest BCUT2D eigenvalue weighted by atomic mass is 16.5. The summed E-state index contributed by atoms with van der Waals surface area (Å²) in [6, 6.07) is 6.08. The first kappa shape index (κ1) is 20.3. The first-order valence-corrected chi connectivity index (χ1v) is 8.72. The van der Waals surface area contributed by atoms with Crippen molar-refractivity contribution in [2.24, 2.45) is 0 Å². The second kappa shape index (κ2) is 10.9. The number of carbonyl (C=O) groups excluding carboxylic acids is 2. The molecule has 27 heavy (non-hydrogen) atoms. The van der Waals surface area contributed by atoms with Crippen molar-refractivity contribution in [3.05, 3.63) is 54.1 Å². The van der Waals surface area contributed by atoms with Gasteiger partial charge in [-0.05, 0) is 31.0 Å². The van der Waals surface area contributed by atoms with Crippen LogP contribution < -0.4 is 15.4 Å². The summed E-state index contributed by atoms with van der Waals surface area (Å²) in [5.41, 5.74) is 0.774. The number of rotatable bonds is 10. The zero-order valence-electron chi connectivity index (χ0n) is 15.5. The Morgan fingerprint density at radius 3 is 2.59 bits per heavy atom. The average molecular weight is 372 g/mol. The summed E-state index contributed by atoms with van der Waals surface area (Å²) in [6.45, 7) is 3.57. The van der Waals surface area contributed by atoms with Crippen LogP contribution in [0, 0.1) is 0 Å². The largest absolute Gasteiger partial charge is 0.497 e. The Bertz CT molecular complexity index is 722. The van der Waals surface area contributed by atoms with Crippen LogP contribution in [0.15, 0.2) is 42.9 Å². The van der Waals surface area contributed by atoms with Crippen molar-refractivity contribution in [1.29, 1.82) is 0 Å². The van der Waals surface area contributed by atoms with Crippen LogP contribution in [0.3, 0.4) is 0 Å². The molecule has 1 heterocycles. The monoisotopic (exact) mass is 372 g/mol. The summed E-state index contributed by atoms with van der Waals surface area (Å²) in [5.74, 6) is -0.128. The minimum Gasteiger partial charge on any atom is -0.497 e. The summed E-state index contributed by atoms with van der Waals surface area (Å²) in [7, 11) is 1.56. The van der Waals surface area contributed by atoms with E-state index in [0.717, 1.165) is 0 Å². The van der Waals surface area contributed by atoms with Crippen LogP contribution in [0.1, 0.15) is 35.4 Å². The quantitative estimate of drug-likeness (QED) is 0.613. The van der Waals surface area contributed by atoms with Crippen LogP contribution in [0.2, 0.25) is 0 Å². The van der Waals surface area contributed by atoms with Gasteiger partial charge in [0.15, 0.2) is 0 Å². The summed E-state index contributed by atoms with van der Waals surface area (Å²) in [5, 5.41) is 5.54. The minimum absolute atomic E-state index is 0.139. The third-order valence-electron chi connectivity index (χ3n) is 3.75. The molecule has 1 atom stereocenters. The molecule has 0 aliphatic heterocycles. The van der Waals surface area contributed by atoms with Gasteiger partial charge < -0.3 is 20.1 Å². The average Bonchev–Trinajstić information content (AvgIpc) is 2.72. The van der Waals surface area contributed by atoms with E-state index in [2.05, 4.69) is 20.6 Å². The van der Waals surface area contributed by atoms with Crippen molar-refractivity contribution < 1.29 is 19.1 Å². The maximum Gasteiger partial charge on any atom is 0.272 e. The lowest BCUT2D eigenvalue weighted by Gasteiger charge is -2.19. The van der Waals surface area contributed by atoms with Gasteiger partial charge in [-0.25, -0.2) is 4.98 Å². The smallest absolute Gasteiger partial charge is 0.272 e. The van der Waals surface area contributed by atoms with Crippen LogP contribution in [0.25, 0.3) is 0 Å². The van der Waals surface area contributed by atoms with Gasteiger partial charge in [0.25, 0.3) is 5.91 Å². The van der Waals surface area contributed by atoms with Gasteiger partial charge in [0.05, 0.1) is 13.3 Å². The lowest BCUT2D eigenvalue weighted by Crippen LogP contribution is -2.41. The number of aromatic nitrogens is 2. The van der Waals surface area contributed by atoms with Gasteiger partial charge in [-0.1, -0.05) is 12.1 Å². The number of methoxy groups -OCH3 is 1. The molecular weight excluding hydrogens is 348 g/mol. The fourth-order valence-electron chi connectivity index (χ4n) is 2.35. The molecule has 8 nitrogen and oxygen atoms in total. The van der Waals surface area contributed by atoms with E-state index in [-0.39, 0.29) is 11.6 Å². The minimum atomic E-state index is -0.863. The van der Waals surface area contributed by atoms with Gasteiger partial charge >= 0.3 is 0 Å². The second-order valence-corrected chi connectivity index (χ2v) is 5.61. The predicted molar refractivity (Wildman–Crippen MR) is 99.4 cm³/mol. The molecular formula is C19H24N4O4. The highest BCUT2D eigenvalue weighted by molar-refractivity contribution is 5.96. The fraction of sp³-hybridized carbons (Fsp3) is 0.368. The molecule has 0 aliphatic rings. The van der Waals surface area contributed by atoms with E-state index in [9.17, 15) is 9.59 Å². The Morgan fingerprint density at radius 1 is 1.19 bits per heavy atom. The third kappa shape index (κ3) is 6.34. The number of nitrogens with zero attached hydrogens (tertiary/aromatic N) is 2. The molecule has 144 valence electrons. The highest BCUT2D eigenvalue weighted by Crippen LogP contribution is 2.18. The Kier molecular flexibility index (Phi) is 8.18. The van der Waals surface area contributed by atoms with Crippen LogP contribution in [0.5, 0.6) is 5.75 Å². The van der Waals surface area contributed by atoms with Crippen LogP contribution in [-0.4, -0.2) is 48.7 Å². The molecule has 0 bridgehead atoms. The van der Waals surface area contributed by atoms with E-state index >= 15 is 0 Å². The molecule has 2 aromatic rings. The molecule has 8 heteroatoms. The Labute approximate surface area is 158 Å². The number of amides is 2. The summed E-state index contributed by atoms with van der Waals surface area (Å²) in [6.07, 6.45) is 4.93. The van der Waals surface area contributed by atoms with E-state index in [1.807, 2.05) is 6.92 Å².